The summed E-state index contributed by atoms with van der Waals surface area (Å²) in [7, 11) is 0. The van der Waals surface area contributed by atoms with E-state index in [9.17, 15) is 14.0 Å². The number of hydrogen-bond acceptors (Lipinski definition) is 3. The van der Waals surface area contributed by atoms with E-state index in [2.05, 4.69) is 0 Å². The Morgan fingerprint density at radius 1 is 1.25 bits per heavy atom. The van der Waals surface area contributed by atoms with Crippen LogP contribution in [0.5, 0.6) is 0 Å². The molecule has 3 rings (SSSR count). The van der Waals surface area contributed by atoms with Crippen LogP contribution in [0, 0.1) is 12.7 Å². The average molecular weight is 287 g/mol. The number of carbonyl (C=O) groups excluding carboxylic acids is 1. The van der Waals surface area contributed by atoms with Crippen molar-refractivity contribution in [3.05, 3.63) is 63.1 Å². The smallest absolute Gasteiger partial charge is 0.264 e. The number of benzene rings is 1. The summed E-state index contributed by atoms with van der Waals surface area (Å²) in [6.07, 6.45) is 0.662. The number of aryl methyl sites for hydroxylation is 1. The van der Waals surface area contributed by atoms with Crippen molar-refractivity contribution in [2.45, 2.75) is 6.92 Å². The number of halogens is 1. The molecule has 5 heteroatoms. The Labute approximate surface area is 117 Å². The van der Waals surface area contributed by atoms with Gasteiger partial charge in [-0.15, -0.1) is 11.3 Å². The summed E-state index contributed by atoms with van der Waals surface area (Å²) < 4.78 is 14.6. The highest BCUT2D eigenvalue weighted by molar-refractivity contribution is 7.15. The lowest BCUT2D eigenvalue weighted by molar-refractivity contribution is 0.112. The summed E-state index contributed by atoms with van der Waals surface area (Å²) >= 11 is 1.41. The predicted molar refractivity (Wildman–Crippen MR) is 77.1 cm³/mol. The maximum Gasteiger partial charge on any atom is 0.264 e. The molecule has 0 saturated heterocycles. The van der Waals surface area contributed by atoms with E-state index < -0.39 is 0 Å². The molecule has 0 spiro atoms. The van der Waals surface area contributed by atoms with Crippen molar-refractivity contribution in [1.29, 1.82) is 0 Å². The molecule has 0 bridgehead atoms. The first kappa shape index (κ1) is 12.7. The van der Waals surface area contributed by atoms with Gasteiger partial charge in [0.25, 0.3) is 5.56 Å². The highest BCUT2D eigenvalue weighted by atomic mass is 32.1. The topological polar surface area (TPSA) is 38.5 Å². The fourth-order valence-electron chi connectivity index (χ4n) is 2.22. The van der Waals surface area contributed by atoms with E-state index in [1.165, 1.54) is 35.6 Å². The minimum absolute atomic E-state index is 0.255. The van der Waals surface area contributed by atoms with Gasteiger partial charge in [0.05, 0.1) is 5.56 Å². The van der Waals surface area contributed by atoms with E-state index in [0.29, 0.717) is 23.0 Å². The molecule has 20 heavy (non-hydrogen) atoms. The zero-order chi connectivity index (χ0) is 14.3. The van der Waals surface area contributed by atoms with Crippen LogP contribution in [0.15, 0.2) is 40.5 Å². The quantitative estimate of drug-likeness (QED) is 0.678. The van der Waals surface area contributed by atoms with Crippen molar-refractivity contribution in [3.8, 4) is 11.1 Å². The number of aldehydes is 1. The number of rotatable bonds is 2. The molecular weight excluding hydrogens is 277 g/mol. The Hall–Kier alpha value is -2.27. The summed E-state index contributed by atoms with van der Waals surface area (Å²) in [4.78, 5) is 24.6. The lowest BCUT2D eigenvalue weighted by Crippen LogP contribution is -2.17. The van der Waals surface area contributed by atoms with E-state index in [4.69, 9.17) is 0 Å². The second kappa shape index (κ2) is 4.68. The number of pyridine rings is 1. The summed E-state index contributed by atoms with van der Waals surface area (Å²) in [5.41, 5.74) is 1.73. The first-order valence-electron chi connectivity index (χ1n) is 5.97. The molecule has 3 nitrogen and oxygen atoms in total. The van der Waals surface area contributed by atoms with Crippen LogP contribution in [0.1, 0.15) is 16.1 Å². The molecule has 0 aliphatic carbocycles. The van der Waals surface area contributed by atoms with Crippen LogP contribution in [-0.2, 0) is 0 Å². The average Bonchev–Trinajstić information content (AvgIpc) is 2.81. The van der Waals surface area contributed by atoms with Crippen molar-refractivity contribution in [1.82, 2.24) is 4.40 Å². The summed E-state index contributed by atoms with van der Waals surface area (Å²) in [5.74, 6) is -0.380. The van der Waals surface area contributed by atoms with E-state index in [0.717, 1.165) is 10.5 Å². The Morgan fingerprint density at radius 3 is 2.60 bits per heavy atom. The molecule has 0 amide bonds. The first-order chi connectivity index (χ1) is 9.61. The molecule has 0 fully saturated rings. The largest absolute Gasteiger partial charge is 0.298 e. The first-order valence-corrected chi connectivity index (χ1v) is 6.85. The standard InChI is InChI=1S/C15H10FNO2S/c1-9-8-20-13-6-11(7-18)14(15(19)17(9)13)10-2-4-12(16)5-3-10/h2-8H,1H3. The van der Waals surface area contributed by atoms with Gasteiger partial charge in [-0.2, -0.15) is 0 Å². The zero-order valence-electron chi connectivity index (χ0n) is 10.6. The molecule has 0 unspecified atom stereocenters. The Morgan fingerprint density at radius 2 is 1.95 bits per heavy atom. The molecule has 3 aromatic rings. The Kier molecular flexibility index (Phi) is 2.99. The SMILES string of the molecule is Cc1csc2cc(C=O)c(-c3ccc(F)cc3)c(=O)n12. The molecule has 2 heterocycles. The predicted octanol–water partition coefficient (Wildman–Crippen LogP) is 3.29. The van der Waals surface area contributed by atoms with Crippen LogP contribution in [0.2, 0.25) is 0 Å². The summed E-state index contributed by atoms with van der Waals surface area (Å²) in [5, 5.41) is 1.86. The van der Waals surface area contributed by atoms with E-state index >= 15 is 0 Å². The van der Waals surface area contributed by atoms with Gasteiger partial charge < -0.3 is 0 Å². The van der Waals surface area contributed by atoms with E-state index in [-0.39, 0.29) is 11.4 Å². The van der Waals surface area contributed by atoms with E-state index in [1.54, 1.807) is 10.5 Å². The third-order valence-electron chi connectivity index (χ3n) is 3.17. The maximum absolute atomic E-state index is 13.0. The number of nitrogens with zero attached hydrogens (tertiary/aromatic N) is 1. The molecule has 100 valence electrons. The van der Waals surface area contributed by atoms with Crippen LogP contribution in [0.3, 0.4) is 0 Å². The number of aromatic nitrogens is 1. The molecule has 1 aromatic carbocycles. The van der Waals surface area contributed by atoms with Crippen molar-refractivity contribution in [2.75, 3.05) is 0 Å². The molecule has 0 atom stereocenters. The van der Waals surface area contributed by atoms with Gasteiger partial charge >= 0.3 is 0 Å². The van der Waals surface area contributed by atoms with Crippen LogP contribution >= 0.6 is 11.3 Å². The molecule has 0 aliphatic rings. The lowest BCUT2D eigenvalue weighted by Gasteiger charge is -2.06. The van der Waals surface area contributed by atoms with Crippen molar-refractivity contribution in [2.24, 2.45) is 0 Å². The molecule has 0 saturated carbocycles. The molecule has 2 aromatic heterocycles. The molecule has 0 N–H and O–H groups in total. The van der Waals surface area contributed by atoms with Gasteiger partial charge in [-0.3, -0.25) is 14.0 Å². The normalized spacial score (nSPS) is 10.9. The van der Waals surface area contributed by atoms with Gasteiger partial charge in [-0.05, 0) is 30.7 Å². The molecular formula is C15H10FNO2S. The zero-order valence-corrected chi connectivity index (χ0v) is 11.4. The monoisotopic (exact) mass is 287 g/mol. The summed E-state index contributed by atoms with van der Waals surface area (Å²) in [6, 6.07) is 7.25. The third kappa shape index (κ3) is 1.87. The van der Waals surface area contributed by atoms with Crippen LogP contribution in [0.25, 0.3) is 16.0 Å². The van der Waals surface area contributed by atoms with Crippen molar-refractivity contribution >= 4 is 22.5 Å². The van der Waals surface area contributed by atoms with Crippen molar-refractivity contribution in [3.63, 3.8) is 0 Å². The van der Waals surface area contributed by atoms with E-state index in [1.807, 2.05) is 12.3 Å². The van der Waals surface area contributed by atoms with Crippen LogP contribution in [0.4, 0.5) is 4.39 Å². The highest BCUT2D eigenvalue weighted by Crippen LogP contribution is 2.23. The fraction of sp³-hybridized carbons (Fsp3) is 0.0667. The fourth-order valence-corrected chi connectivity index (χ4v) is 3.15. The van der Waals surface area contributed by atoms with Crippen LogP contribution < -0.4 is 5.56 Å². The number of thiazole rings is 1. The van der Waals surface area contributed by atoms with Gasteiger partial charge in [-0.25, -0.2) is 4.39 Å². The Balaban J connectivity index is 2.41. The molecule has 0 aliphatic heterocycles. The number of hydrogen-bond donors (Lipinski definition) is 0. The maximum atomic E-state index is 13.0. The second-order valence-electron chi connectivity index (χ2n) is 4.46. The van der Waals surface area contributed by atoms with Crippen molar-refractivity contribution < 1.29 is 9.18 Å². The minimum Gasteiger partial charge on any atom is -0.298 e. The molecule has 0 radical (unpaired) electrons. The van der Waals surface area contributed by atoms with Gasteiger partial charge in [0.2, 0.25) is 0 Å². The minimum atomic E-state index is -0.380. The van der Waals surface area contributed by atoms with Gasteiger partial charge in [-0.1, -0.05) is 12.1 Å². The number of carbonyl (C=O) groups is 1. The second-order valence-corrected chi connectivity index (χ2v) is 5.34. The Bertz CT molecular complexity index is 862. The highest BCUT2D eigenvalue weighted by Gasteiger charge is 2.14. The van der Waals surface area contributed by atoms with Gasteiger partial charge in [0.15, 0.2) is 6.29 Å². The summed E-state index contributed by atoms with van der Waals surface area (Å²) in [6.45, 7) is 1.83. The van der Waals surface area contributed by atoms with Gasteiger partial charge in [0.1, 0.15) is 10.6 Å². The lowest BCUT2D eigenvalue weighted by atomic mass is 10.0. The number of fused-ring (bicyclic) bond motifs is 1. The van der Waals surface area contributed by atoms with Gasteiger partial charge in [0, 0.05) is 16.6 Å². The third-order valence-corrected chi connectivity index (χ3v) is 4.17. The van der Waals surface area contributed by atoms with Crippen LogP contribution in [-0.4, -0.2) is 10.7 Å².